The molecule has 1 saturated heterocycles. The number of hydrogen-bond acceptors (Lipinski definition) is 4. The molecule has 24 heavy (non-hydrogen) atoms. The van der Waals surface area contributed by atoms with Crippen molar-refractivity contribution < 1.29 is 28.2 Å². The lowest BCUT2D eigenvalue weighted by atomic mass is 9.86. The topological polar surface area (TPSA) is 72.8 Å². The third-order valence-corrected chi connectivity index (χ3v) is 4.35. The zero-order valence-corrected chi connectivity index (χ0v) is 13.1. The van der Waals surface area contributed by atoms with E-state index in [2.05, 4.69) is 5.32 Å². The van der Waals surface area contributed by atoms with E-state index in [0.29, 0.717) is 5.56 Å². The van der Waals surface area contributed by atoms with Gasteiger partial charge in [-0.1, -0.05) is 30.3 Å². The zero-order valence-electron chi connectivity index (χ0n) is 13.1. The first-order valence-electron chi connectivity index (χ1n) is 7.65. The van der Waals surface area contributed by atoms with Crippen LogP contribution in [0.5, 0.6) is 0 Å². The number of alkyl halides is 3. The number of nitrogens with zero attached hydrogens (tertiary/aromatic N) is 1. The minimum atomic E-state index is -3.03. The third-order valence-electron chi connectivity index (χ3n) is 4.35. The molecule has 0 aromatic heterocycles. The van der Waals surface area contributed by atoms with Gasteiger partial charge >= 0.3 is 0 Å². The Kier molecular flexibility index (Phi) is 6.20. The molecule has 0 saturated carbocycles. The quantitative estimate of drug-likeness (QED) is 0.734. The maximum absolute atomic E-state index is 14.1. The molecule has 5 nitrogen and oxygen atoms in total. The van der Waals surface area contributed by atoms with Gasteiger partial charge in [-0.05, 0) is 5.56 Å². The highest BCUT2D eigenvalue weighted by Gasteiger charge is 2.52. The van der Waals surface area contributed by atoms with Gasteiger partial charge in [0, 0.05) is 26.1 Å². The molecule has 0 radical (unpaired) electrons. The fourth-order valence-corrected chi connectivity index (χ4v) is 3.06. The largest absolute Gasteiger partial charge is 0.388 e. The SMILES string of the molecule is CNC(=O)CC1C(O)C(F)C(O)C(C(F)F)N1Cc1ccccc1. The van der Waals surface area contributed by atoms with Gasteiger partial charge in [-0.15, -0.1) is 0 Å². The molecule has 8 heteroatoms. The highest BCUT2D eigenvalue weighted by molar-refractivity contribution is 5.76. The van der Waals surface area contributed by atoms with Crippen LogP contribution in [0, 0.1) is 0 Å². The Labute approximate surface area is 138 Å². The van der Waals surface area contributed by atoms with Crippen molar-refractivity contribution >= 4 is 5.91 Å². The lowest BCUT2D eigenvalue weighted by molar-refractivity contribution is -0.175. The molecule has 1 aromatic rings. The first-order chi connectivity index (χ1) is 11.4. The van der Waals surface area contributed by atoms with Crippen molar-refractivity contribution in [1.29, 1.82) is 0 Å². The Balaban J connectivity index is 2.35. The molecule has 1 amide bonds. The molecule has 0 aliphatic carbocycles. The number of aliphatic hydroxyl groups is 2. The molecule has 1 fully saturated rings. The van der Waals surface area contributed by atoms with E-state index in [0.717, 1.165) is 4.90 Å². The predicted molar refractivity (Wildman–Crippen MR) is 81.2 cm³/mol. The molecule has 134 valence electrons. The Hall–Kier alpha value is -1.64. The van der Waals surface area contributed by atoms with Crippen molar-refractivity contribution in [2.75, 3.05) is 7.05 Å². The van der Waals surface area contributed by atoms with Gasteiger partial charge in [0.15, 0.2) is 6.17 Å². The second-order valence-electron chi connectivity index (χ2n) is 5.85. The van der Waals surface area contributed by atoms with Crippen LogP contribution in [0.1, 0.15) is 12.0 Å². The van der Waals surface area contributed by atoms with Crippen molar-refractivity contribution in [3.63, 3.8) is 0 Å². The number of likely N-dealkylation sites (tertiary alicyclic amines) is 1. The molecule has 0 spiro atoms. The summed E-state index contributed by atoms with van der Waals surface area (Å²) in [6.07, 6.45) is -9.39. The fourth-order valence-electron chi connectivity index (χ4n) is 3.06. The van der Waals surface area contributed by atoms with Crippen LogP contribution < -0.4 is 5.32 Å². The second kappa shape index (κ2) is 7.96. The van der Waals surface area contributed by atoms with E-state index in [-0.39, 0.29) is 13.0 Å². The minimum absolute atomic E-state index is 0.0433. The van der Waals surface area contributed by atoms with Crippen LogP contribution in [-0.4, -0.2) is 65.0 Å². The van der Waals surface area contributed by atoms with Gasteiger partial charge < -0.3 is 15.5 Å². The summed E-state index contributed by atoms with van der Waals surface area (Å²) in [5.74, 6) is -0.506. The molecule has 1 aliphatic heterocycles. The van der Waals surface area contributed by atoms with Gasteiger partial charge in [-0.2, -0.15) is 0 Å². The molecular weight excluding hydrogens is 325 g/mol. The van der Waals surface area contributed by atoms with E-state index in [4.69, 9.17) is 0 Å². The van der Waals surface area contributed by atoms with Crippen LogP contribution in [0.2, 0.25) is 0 Å². The standard InChI is InChI=1S/C16H21F3N2O3/c1-20-11(22)7-10-14(23)12(17)15(24)13(16(18)19)21(10)8-9-5-3-2-4-6-9/h2-6,10,12-16,23-24H,7-8H2,1H3,(H,20,22). The third kappa shape index (κ3) is 3.88. The van der Waals surface area contributed by atoms with Gasteiger partial charge in [0.25, 0.3) is 6.43 Å². The molecule has 5 unspecified atom stereocenters. The summed E-state index contributed by atoms with van der Waals surface area (Å²) in [5, 5.41) is 22.3. The summed E-state index contributed by atoms with van der Waals surface area (Å²) in [6.45, 7) is -0.0433. The number of piperidine rings is 1. The summed E-state index contributed by atoms with van der Waals surface area (Å²) in [7, 11) is 1.37. The minimum Gasteiger partial charge on any atom is -0.388 e. The number of aliphatic hydroxyl groups excluding tert-OH is 2. The van der Waals surface area contributed by atoms with Crippen molar-refractivity contribution in [1.82, 2.24) is 10.2 Å². The van der Waals surface area contributed by atoms with Crippen molar-refractivity contribution in [2.45, 2.75) is 49.9 Å². The summed E-state index contributed by atoms with van der Waals surface area (Å²) in [6, 6.07) is 5.61. The van der Waals surface area contributed by atoms with Crippen LogP contribution in [0.25, 0.3) is 0 Å². The van der Waals surface area contributed by atoms with Gasteiger partial charge in [0.1, 0.15) is 18.2 Å². The first-order valence-corrected chi connectivity index (χ1v) is 7.65. The van der Waals surface area contributed by atoms with Gasteiger partial charge in [0.2, 0.25) is 5.91 Å². The number of nitrogens with one attached hydrogen (secondary N) is 1. The van der Waals surface area contributed by atoms with Gasteiger partial charge in [0.05, 0.1) is 0 Å². The van der Waals surface area contributed by atoms with Crippen LogP contribution >= 0.6 is 0 Å². The van der Waals surface area contributed by atoms with E-state index in [1.807, 2.05) is 0 Å². The molecular formula is C16H21F3N2O3. The smallest absolute Gasteiger partial charge is 0.256 e. The molecule has 1 aliphatic rings. The van der Waals surface area contributed by atoms with Crippen molar-refractivity contribution in [3.05, 3.63) is 35.9 Å². The fraction of sp³-hybridized carbons (Fsp3) is 0.562. The molecule has 5 atom stereocenters. The van der Waals surface area contributed by atoms with Crippen molar-refractivity contribution in [3.8, 4) is 0 Å². The average Bonchev–Trinajstić information content (AvgIpc) is 2.57. The number of carbonyl (C=O) groups is 1. The molecule has 3 N–H and O–H groups in total. The highest BCUT2D eigenvalue weighted by atomic mass is 19.3. The van der Waals surface area contributed by atoms with Gasteiger partial charge in [-0.3, -0.25) is 9.69 Å². The number of halogens is 3. The van der Waals surface area contributed by atoms with E-state index in [9.17, 15) is 28.2 Å². The summed E-state index contributed by atoms with van der Waals surface area (Å²) in [4.78, 5) is 12.8. The normalized spacial score (nSPS) is 31.2. The second-order valence-corrected chi connectivity index (χ2v) is 5.85. The van der Waals surface area contributed by atoms with E-state index >= 15 is 0 Å². The Morgan fingerprint density at radius 3 is 2.42 bits per heavy atom. The summed E-state index contributed by atoms with van der Waals surface area (Å²) < 4.78 is 41.0. The molecule has 0 bridgehead atoms. The first kappa shape index (κ1) is 18.7. The lowest BCUT2D eigenvalue weighted by Crippen LogP contribution is -2.67. The van der Waals surface area contributed by atoms with Crippen LogP contribution in [0.3, 0.4) is 0 Å². The Morgan fingerprint density at radius 2 is 1.88 bits per heavy atom. The summed E-state index contributed by atoms with van der Waals surface area (Å²) >= 11 is 0. The number of rotatable bonds is 5. The summed E-state index contributed by atoms with van der Waals surface area (Å²) in [5.41, 5.74) is 0.654. The Bertz CT molecular complexity index is 547. The number of amides is 1. The number of benzene rings is 1. The molecule has 1 aromatic carbocycles. The number of carbonyl (C=O) groups excluding carboxylic acids is 1. The lowest BCUT2D eigenvalue weighted by Gasteiger charge is -2.48. The van der Waals surface area contributed by atoms with E-state index in [1.165, 1.54) is 7.05 Å². The van der Waals surface area contributed by atoms with Crippen LogP contribution in [-0.2, 0) is 11.3 Å². The Morgan fingerprint density at radius 1 is 1.25 bits per heavy atom. The van der Waals surface area contributed by atoms with E-state index < -0.39 is 42.8 Å². The average molecular weight is 346 g/mol. The molecule has 1 heterocycles. The monoisotopic (exact) mass is 346 g/mol. The van der Waals surface area contributed by atoms with Gasteiger partial charge in [-0.25, -0.2) is 13.2 Å². The van der Waals surface area contributed by atoms with Crippen LogP contribution in [0.4, 0.5) is 13.2 Å². The highest BCUT2D eigenvalue weighted by Crippen LogP contribution is 2.33. The maximum Gasteiger partial charge on any atom is 0.256 e. The predicted octanol–water partition coefficient (Wildman–Crippen LogP) is 0.700. The van der Waals surface area contributed by atoms with Crippen LogP contribution in [0.15, 0.2) is 30.3 Å². The number of hydrogen-bond donors (Lipinski definition) is 3. The van der Waals surface area contributed by atoms with Crippen molar-refractivity contribution in [2.24, 2.45) is 0 Å². The maximum atomic E-state index is 14.1. The molecule has 2 rings (SSSR count). The zero-order chi connectivity index (χ0) is 17.9. The van der Waals surface area contributed by atoms with E-state index in [1.54, 1.807) is 30.3 Å².